The van der Waals surface area contributed by atoms with Gasteiger partial charge in [0.15, 0.2) is 0 Å². The number of aromatic nitrogens is 1. The van der Waals surface area contributed by atoms with E-state index < -0.39 is 0 Å². The van der Waals surface area contributed by atoms with E-state index in [1.54, 1.807) is 0 Å². The van der Waals surface area contributed by atoms with Gasteiger partial charge in [-0.15, -0.1) is 0 Å². The highest BCUT2D eigenvalue weighted by atomic mass is 16.3. The number of hydrogen-bond acceptors (Lipinski definition) is 1. The average molecular weight is 536 g/mol. The van der Waals surface area contributed by atoms with Gasteiger partial charge in [-0.25, -0.2) is 0 Å². The second-order valence-corrected chi connectivity index (χ2v) is 10.9. The van der Waals surface area contributed by atoms with Crippen molar-refractivity contribution in [3.8, 4) is 27.9 Å². The number of benzene rings is 7. The van der Waals surface area contributed by atoms with Gasteiger partial charge in [-0.1, -0.05) is 103 Å². The highest BCUT2D eigenvalue weighted by molar-refractivity contribution is 6.16. The maximum atomic E-state index is 6.59. The van der Waals surface area contributed by atoms with Crippen molar-refractivity contribution in [2.24, 2.45) is 0 Å². The standard InChI is InChI=1S/C40H25NO/c1-2-11-26(12-3-1)28-23-27-13-4-5-14-30(27)35(24-28)33-17-10-20-38-40(33)34-22-21-29(25-39(34)42-38)41-36-18-8-6-15-31(36)32-16-7-9-19-37(32)41/h1-25H. The summed E-state index contributed by atoms with van der Waals surface area (Å²) in [4.78, 5) is 0. The number of fused-ring (bicyclic) bond motifs is 7. The molecule has 2 aromatic heterocycles. The summed E-state index contributed by atoms with van der Waals surface area (Å²) in [5.41, 5.74) is 10.1. The van der Waals surface area contributed by atoms with E-state index in [0.29, 0.717) is 0 Å². The highest BCUT2D eigenvalue weighted by Gasteiger charge is 2.17. The van der Waals surface area contributed by atoms with Gasteiger partial charge in [0.05, 0.1) is 11.0 Å². The molecule has 9 rings (SSSR count). The van der Waals surface area contributed by atoms with Gasteiger partial charge < -0.3 is 8.98 Å². The van der Waals surface area contributed by atoms with Crippen LogP contribution in [-0.2, 0) is 0 Å². The highest BCUT2D eigenvalue weighted by Crippen LogP contribution is 2.42. The Morgan fingerprint density at radius 2 is 1.10 bits per heavy atom. The summed E-state index contributed by atoms with van der Waals surface area (Å²) in [5.74, 6) is 0. The molecule has 0 saturated carbocycles. The molecular weight excluding hydrogens is 510 g/mol. The van der Waals surface area contributed by atoms with E-state index in [1.165, 1.54) is 54.8 Å². The van der Waals surface area contributed by atoms with Crippen LogP contribution >= 0.6 is 0 Å². The first kappa shape index (κ1) is 23.1. The monoisotopic (exact) mass is 535 g/mol. The van der Waals surface area contributed by atoms with Gasteiger partial charge in [-0.05, 0) is 75.5 Å². The van der Waals surface area contributed by atoms with Gasteiger partial charge in [0.1, 0.15) is 11.2 Å². The molecule has 2 nitrogen and oxygen atoms in total. The molecule has 42 heavy (non-hydrogen) atoms. The largest absolute Gasteiger partial charge is 0.456 e. The zero-order valence-corrected chi connectivity index (χ0v) is 22.8. The van der Waals surface area contributed by atoms with Crippen molar-refractivity contribution >= 4 is 54.5 Å². The Labute approximate surface area is 242 Å². The quantitative estimate of drug-likeness (QED) is 0.220. The minimum atomic E-state index is 0.889. The maximum Gasteiger partial charge on any atom is 0.137 e. The van der Waals surface area contributed by atoms with E-state index in [4.69, 9.17) is 4.42 Å². The molecule has 2 heteroatoms. The van der Waals surface area contributed by atoms with E-state index in [2.05, 4.69) is 156 Å². The van der Waals surface area contributed by atoms with Crippen LogP contribution in [0.5, 0.6) is 0 Å². The van der Waals surface area contributed by atoms with E-state index >= 15 is 0 Å². The fraction of sp³-hybridized carbons (Fsp3) is 0. The summed E-state index contributed by atoms with van der Waals surface area (Å²) >= 11 is 0. The Hall–Kier alpha value is -5.60. The minimum Gasteiger partial charge on any atom is -0.456 e. The summed E-state index contributed by atoms with van der Waals surface area (Å²) in [6, 6.07) is 54.2. The molecule has 0 aliphatic heterocycles. The van der Waals surface area contributed by atoms with Gasteiger partial charge in [0, 0.05) is 33.3 Å². The second kappa shape index (κ2) is 8.95. The van der Waals surface area contributed by atoms with Crippen LogP contribution < -0.4 is 0 Å². The Kier molecular flexibility index (Phi) is 4.93. The molecule has 0 amide bonds. The first-order valence-electron chi connectivity index (χ1n) is 14.4. The molecule has 0 spiro atoms. The average Bonchev–Trinajstić information content (AvgIpc) is 3.60. The van der Waals surface area contributed by atoms with Crippen LogP contribution in [-0.4, -0.2) is 4.57 Å². The molecule has 0 N–H and O–H groups in total. The van der Waals surface area contributed by atoms with Crippen LogP contribution in [0.25, 0.3) is 82.5 Å². The van der Waals surface area contributed by atoms with Crippen LogP contribution in [0.15, 0.2) is 156 Å². The van der Waals surface area contributed by atoms with E-state index in [0.717, 1.165) is 27.6 Å². The molecule has 0 saturated heterocycles. The number of hydrogen-bond donors (Lipinski definition) is 0. The molecule has 0 bridgehead atoms. The minimum absolute atomic E-state index is 0.889. The van der Waals surface area contributed by atoms with Gasteiger partial charge in [0.25, 0.3) is 0 Å². The predicted molar refractivity (Wildman–Crippen MR) is 176 cm³/mol. The summed E-state index contributed by atoms with van der Waals surface area (Å²) in [7, 11) is 0. The van der Waals surface area contributed by atoms with Crippen LogP contribution in [0.1, 0.15) is 0 Å². The van der Waals surface area contributed by atoms with Crippen LogP contribution in [0.2, 0.25) is 0 Å². The van der Waals surface area contributed by atoms with E-state index in [-0.39, 0.29) is 0 Å². The van der Waals surface area contributed by atoms with Crippen molar-refractivity contribution in [1.82, 2.24) is 4.57 Å². The first-order valence-corrected chi connectivity index (χ1v) is 14.4. The lowest BCUT2D eigenvalue weighted by atomic mass is 9.91. The van der Waals surface area contributed by atoms with E-state index in [9.17, 15) is 0 Å². The Morgan fingerprint density at radius 1 is 0.405 bits per heavy atom. The number of furan rings is 1. The third-order valence-corrected chi connectivity index (χ3v) is 8.58. The third-order valence-electron chi connectivity index (χ3n) is 8.58. The summed E-state index contributed by atoms with van der Waals surface area (Å²) < 4.78 is 8.93. The molecule has 0 radical (unpaired) electrons. The first-order chi connectivity index (χ1) is 20.8. The molecule has 9 aromatic rings. The molecule has 0 aliphatic carbocycles. The maximum absolute atomic E-state index is 6.59. The molecule has 2 heterocycles. The summed E-state index contributed by atoms with van der Waals surface area (Å²) in [5, 5.41) is 7.25. The van der Waals surface area contributed by atoms with Gasteiger partial charge in [-0.3, -0.25) is 0 Å². The van der Waals surface area contributed by atoms with Crippen LogP contribution in [0.4, 0.5) is 0 Å². The number of rotatable bonds is 3. The SMILES string of the molecule is c1ccc(-c2cc(-c3cccc4oc5cc(-n6c7ccccc7c7ccccc76)ccc5c34)c3ccccc3c2)cc1. The van der Waals surface area contributed by atoms with Crippen molar-refractivity contribution in [3.05, 3.63) is 152 Å². The predicted octanol–water partition coefficient (Wildman–Crippen LogP) is 11.2. The Balaban J connectivity index is 1.30. The van der Waals surface area contributed by atoms with Gasteiger partial charge in [-0.2, -0.15) is 0 Å². The number of nitrogens with zero attached hydrogens (tertiary/aromatic N) is 1. The normalized spacial score (nSPS) is 11.8. The van der Waals surface area contributed by atoms with Gasteiger partial charge in [0.2, 0.25) is 0 Å². The zero-order chi connectivity index (χ0) is 27.6. The van der Waals surface area contributed by atoms with Crippen LogP contribution in [0, 0.1) is 0 Å². The molecule has 0 atom stereocenters. The molecule has 196 valence electrons. The second-order valence-electron chi connectivity index (χ2n) is 10.9. The molecule has 0 fully saturated rings. The van der Waals surface area contributed by atoms with Gasteiger partial charge >= 0.3 is 0 Å². The van der Waals surface area contributed by atoms with Crippen molar-refractivity contribution in [1.29, 1.82) is 0 Å². The fourth-order valence-electron chi connectivity index (χ4n) is 6.71. The summed E-state index contributed by atoms with van der Waals surface area (Å²) in [6.07, 6.45) is 0. The lowest BCUT2D eigenvalue weighted by molar-refractivity contribution is 0.668. The van der Waals surface area contributed by atoms with E-state index in [1.807, 2.05) is 0 Å². The third kappa shape index (κ3) is 3.39. The lowest BCUT2D eigenvalue weighted by Gasteiger charge is -2.12. The van der Waals surface area contributed by atoms with Crippen molar-refractivity contribution < 1.29 is 4.42 Å². The Morgan fingerprint density at radius 3 is 1.88 bits per heavy atom. The smallest absolute Gasteiger partial charge is 0.137 e. The zero-order valence-electron chi connectivity index (χ0n) is 22.8. The molecular formula is C40H25NO. The van der Waals surface area contributed by atoms with Crippen molar-refractivity contribution in [3.63, 3.8) is 0 Å². The molecule has 7 aromatic carbocycles. The summed E-state index contributed by atoms with van der Waals surface area (Å²) in [6.45, 7) is 0. The Bertz CT molecular complexity index is 2410. The van der Waals surface area contributed by atoms with Crippen molar-refractivity contribution in [2.75, 3.05) is 0 Å². The molecule has 0 unspecified atom stereocenters. The van der Waals surface area contributed by atoms with Crippen LogP contribution in [0.3, 0.4) is 0 Å². The molecule has 0 aliphatic rings. The van der Waals surface area contributed by atoms with Crippen molar-refractivity contribution in [2.45, 2.75) is 0 Å². The lowest BCUT2D eigenvalue weighted by Crippen LogP contribution is -1.93. The number of para-hydroxylation sites is 2. The topological polar surface area (TPSA) is 18.1 Å². The fourth-order valence-corrected chi connectivity index (χ4v) is 6.71.